The summed E-state index contributed by atoms with van der Waals surface area (Å²) in [4.78, 5) is 1.45. The molecule has 0 bridgehead atoms. The highest BCUT2D eigenvalue weighted by Gasteiger charge is 2.16. The number of unbranched alkanes of at least 4 members (excludes halogenated alkanes) is 5. The quantitative estimate of drug-likeness (QED) is 0.264. The maximum Gasteiger partial charge on any atom is 0.146 e. The zero-order valence-electron chi connectivity index (χ0n) is 15.0. The van der Waals surface area contributed by atoms with E-state index >= 15 is 0 Å². The van der Waals surface area contributed by atoms with Gasteiger partial charge in [-0.15, -0.1) is 22.7 Å². The zero-order chi connectivity index (χ0) is 17.5. The van der Waals surface area contributed by atoms with Crippen LogP contribution in [0.5, 0.6) is 0 Å². The summed E-state index contributed by atoms with van der Waals surface area (Å²) in [6, 6.07) is 8.59. The molecule has 0 aliphatic heterocycles. The second-order valence-electron chi connectivity index (χ2n) is 7.09. The SMILES string of the molecule is CCCCCCCCc1cc2oc3cc4oc5ccsc5c4cc3c2s1. The molecule has 4 aromatic heterocycles. The maximum absolute atomic E-state index is 6.13. The summed E-state index contributed by atoms with van der Waals surface area (Å²) < 4.78 is 14.6. The van der Waals surface area contributed by atoms with Crippen molar-refractivity contribution in [1.82, 2.24) is 0 Å². The molecular formula is C22H22O2S2. The summed E-state index contributed by atoms with van der Waals surface area (Å²) in [6.45, 7) is 2.27. The van der Waals surface area contributed by atoms with Crippen LogP contribution in [0.25, 0.3) is 42.5 Å². The van der Waals surface area contributed by atoms with Gasteiger partial charge >= 0.3 is 0 Å². The van der Waals surface area contributed by atoms with Crippen molar-refractivity contribution < 1.29 is 8.83 Å². The molecule has 0 saturated carbocycles. The van der Waals surface area contributed by atoms with E-state index in [0.29, 0.717) is 0 Å². The normalized spacial score (nSPS) is 12.3. The van der Waals surface area contributed by atoms with Crippen LogP contribution in [0.2, 0.25) is 0 Å². The minimum atomic E-state index is 0.924. The van der Waals surface area contributed by atoms with Gasteiger partial charge in [-0.1, -0.05) is 39.0 Å². The summed E-state index contributed by atoms with van der Waals surface area (Å²) in [5, 5.41) is 4.52. The Morgan fingerprint density at radius 1 is 0.769 bits per heavy atom. The Hall–Kier alpha value is -1.78. The highest BCUT2D eigenvalue weighted by Crippen LogP contribution is 2.41. The number of rotatable bonds is 7. The number of hydrogen-bond donors (Lipinski definition) is 0. The largest absolute Gasteiger partial charge is 0.455 e. The van der Waals surface area contributed by atoms with Crippen LogP contribution in [0.3, 0.4) is 0 Å². The average molecular weight is 383 g/mol. The van der Waals surface area contributed by atoms with Gasteiger partial charge in [0, 0.05) is 21.7 Å². The van der Waals surface area contributed by atoms with Gasteiger partial charge in [0.25, 0.3) is 0 Å². The topological polar surface area (TPSA) is 26.3 Å². The molecule has 0 N–H and O–H groups in total. The van der Waals surface area contributed by atoms with Crippen molar-refractivity contribution in [3.05, 3.63) is 34.5 Å². The van der Waals surface area contributed by atoms with Crippen LogP contribution in [0, 0.1) is 0 Å². The molecule has 0 radical (unpaired) electrons. The van der Waals surface area contributed by atoms with Crippen LogP contribution in [-0.4, -0.2) is 0 Å². The van der Waals surface area contributed by atoms with Gasteiger partial charge in [-0.3, -0.25) is 0 Å². The maximum atomic E-state index is 6.13. The second-order valence-corrected chi connectivity index (χ2v) is 9.14. The highest BCUT2D eigenvalue weighted by atomic mass is 32.1. The number of fused-ring (bicyclic) bond motifs is 6. The van der Waals surface area contributed by atoms with Gasteiger partial charge in [0.2, 0.25) is 0 Å². The smallest absolute Gasteiger partial charge is 0.146 e. The van der Waals surface area contributed by atoms with E-state index in [-0.39, 0.29) is 0 Å². The first kappa shape index (κ1) is 16.4. The van der Waals surface area contributed by atoms with Crippen LogP contribution < -0.4 is 0 Å². The molecule has 134 valence electrons. The van der Waals surface area contributed by atoms with Gasteiger partial charge in [0.15, 0.2) is 0 Å². The Bertz CT molecular complexity index is 1180. The van der Waals surface area contributed by atoms with Crippen molar-refractivity contribution in [1.29, 1.82) is 0 Å². The van der Waals surface area contributed by atoms with Crippen molar-refractivity contribution in [2.24, 2.45) is 0 Å². The molecule has 5 rings (SSSR count). The van der Waals surface area contributed by atoms with E-state index in [1.54, 1.807) is 11.3 Å². The molecule has 0 spiro atoms. The lowest BCUT2D eigenvalue weighted by Crippen LogP contribution is -1.82. The first-order valence-corrected chi connectivity index (χ1v) is 11.3. The molecule has 4 heteroatoms. The molecule has 0 saturated heterocycles. The molecule has 0 aliphatic carbocycles. The number of furan rings is 2. The summed E-state index contributed by atoms with van der Waals surface area (Å²) in [7, 11) is 0. The summed E-state index contributed by atoms with van der Waals surface area (Å²) in [6.07, 6.45) is 9.23. The van der Waals surface area contributed by atoms with Crippen molar-refractivity contribution in [2.45, 2.75) is 51.9 Å². The van der Waals surface area contributed by atoms with Gasteiger partial charge in [-0.25, -0.2) is 0 Å². The molecule has 26 heavy (non-hydrogen) atoms. The molecule has 4 heterocycles. The Morgan fingerprint density at radius 2 is 1.54 bits per heavy atom. The second kappa shape index (κ2) is 6.75. The Labute approximate surface area is 160 Å². The third-order valence-corrected chi connectivity index (χ3v) is 7.30. The van der Waals surface area contributed by atoms with E-state index < -0.39 is 0 Å². The van der Waals surface area contributed by atoms with E-state index in [9.17, 15) is 0 Å². The van der Waals surface area contributed by atoms with E-state index in [2.05, 4.69) is 30.5 Å². The first-order valence-electron chi connectivity index (χ1n) is 9.58. The van der Waals surface area contributed by atoms with Gasteiger partial charge < -0.3 is 8.83 Å². The number of benzene rings is 1. The van der Waals surface area contributed by atoms with Crippen LogP contribution in [-0.2, 0) is 6.42 Å². The molecule has 1 aromatic carbocycles. The fraction of sp³-hybridized carbons (Fsp3) is 0.364. The molecule has 5 aromatic rings. The lowest BCUT2D eigenvalue weighted by molar-refractivity contribution is 0.609. The predicted octanol–water partition coefficient (Wildman–Crippen LogP) is 8.51. The predicted molar refractivity (Wildman–Crippen MR) is 114 cm³/mol. The number of aryl methyl sites for hydroxylation is 1. The van der Waals surface area contributed by atoms with Crippen LogP contribution in [0.15, 0.2) is 38.5 Å². The summed E-state index contributed by atoms with van der Waals surface area (Å²) in [5.74, 6) is 0. The van der Waals surface area contributed by atoms with Crippen molar-refractivity contribution in [3.8, 4) is 0 Å². The highest BCUT2D eigenvalue weighted by molar-refractivity contribution is 7.20. The molecule has 2 nitrogen and oxygen atoms in total. The van der Waals surface area contributed by atoms with Crippen LogP contribution >= 0.6 is 22.7 Å². The molecule has 0 atom stereocenters. The lowest BCUT2D eigenvalue weighted by Gasteiger charge is -1.99. The van der Waals surface area contributed by atoms with Crippen LogP contribution in [0.4, 0.5) is 0 Å². The Morgan fingerprint density at radius 3 is 2.42 bits per heavy atom. The van der Waals surface area contributed by atoms with Gasteiger partial charge in [0.05, 0.1) is 9.40 Å². The lowest BCUT2D eigenvalue weighted by atomic mass is 10.1. The minimum absolute atomic E-state index is 0.924. The fourth-order valence-electron chi connectivity index (χ4n) is 3.78. The van der Waals surface area contributed by atoms with E-state index in [1.807, 2.05) is 17.4 Å². The van der Waals surface area contributed by atoms with Crippen molar-refractivity contribution >= 4 is 65.2 Å². The number of hydrogen-bond acceptors (Lipinski definition) is 4. The molecule has 0 fully saturated rings. The third kappa shape index (κ3) is 2.76. The Kier molecular flexibility index (Phi) is 4.26. The van der Waals surface area contributed by atoms with Gasteiger partial charge in [-0.05, 0) is 36.4 Å². The van der Waals surface area contributed by atoms with E-state index in [1.165, 1.54) is 70.0 Å². The standard InChI is InChI=1S/C22H22O2S2/c1-2-3-4-5-6-7-8-14-11-20-22(26-14)16-12-15-18(13-19(16)24-20)23-17-9-10-25-21(15)17/h9-13H,2-8H2,1H3. The molecule has 0 unspecified atom stereocenters. The number of thiophene rings is 2. The monoisotopic (exact) mass is 382 g/mol. The summed E-state index contributed by atoms with van der Waals surface area (Å²) >= 11 is 3.64. The van der Waals surface area contributed by atoms with Crippen molar-refractivity contribution in [2.75, 3.05) is 0 Å². The fourth-order valence-corrected chi connectivity index (χ4v) is 5.77. The third-order valence-electron chi connectivity index (χ3n) is 5.17. The van der Waals surface area contributed by atoms with E-state index in [4.69, 9.17) is 8.83 Å². The van der Waals surface area contributed by atoms with Crippen LogP contribution in [0.1, 0.15) is 50.3 Å². The van der Waals surface area contributed by atoms with Crippen molar-refractivity contribution in [3.63, 3.8) is 0 Å². The molecule has 0 amide bonds. The van der Waals surface area contributed by atoms with Gasteiger partial charge in [-0.2, -0.15) is 0 Å². The minimum Gasteiger partial charge on any atom is -0.455 e. The molecule has 0 aliphatic rings. The molecular weight excluding hydrogens is 360 g/mol. The zero-order valence-corrected chi connectivity index (χ0v) is 16.6. The first-order chi connectivity index (χ1) is 12.8. The van der Waals surface area contributed by atoms with Gasteiger partial charge in [0.1, 0.15) is 22.3 Å². The summed E-state index contributed by atoms with van der Waals surface area (Å²) in [5.41, 5.74) is 3.87. The average Bonchev–Trinajstić information content (AvgIpc) is 3.36. The van der Waals surface area contributed by atoms with E-state index in [0.717, 1.165) is 22.3 Å². The Balaban J connectivity index is 1.43.